The zero-order chi connectivity index (χ0) is 9.07. The van der Waals surface area contributed by atoms with Gasteiger partial charge in [0.15, 0.2) is 5.60 Å². The summed E-state index contributed by atoms with van der Waals surface area (Å²) in [6.45, 7) is 2.22. The van der Waals surface area contributed by atoms with Crippen LogP contribution >= 0.6 is 0 Å². The van der Waals surface area contributed by atoms with Crippen LogP contribution in [0.2, 0.25) is 0 Å². The van der Waals surface area contributed by atoms with Crippen LogP contribution in [0.1, 0.15) is 20.3 Å². The summed E-state index contributed by atoms with van der Waals surface area (Å²) in [7, 11) is 0. The Kier molecular flexibility index (Phi) is 3.45. The van der Waals surface area contributed by atoms with E-state index in [1.54, 1.807) is 13.8 Å². The first-order valence-corrected chi connectivity index (χ1v) is 3.44. The Morgan fingerprint density at radius 3 is 2.18 bits per heavy atom. The molecule has 0 rings (SSSR count). The maximum absolute atomic E-state index is 12.0. The molecule has 66 valence electrons. The maximum Gasteiger partial charge on any atom is 0.338 e. The smallest absolute Gasteiger partial charge is 0.338 e. The van der Waals surface area contributed by atoms with E-state index in [0.29, 0.717) is 0 Å². The molecule has 0 amide bonds. The molecule has 0 bridgehead atoms. The van der Waals surface area contributed by atoms with E-state index in [2.05, 4.69) is 0 Å². The number of hydrogen-bond donors (Lipinski definition) is 2. The summed E-state index contributed by atoms with van der Waals surface area (Å²) in [5, 5.41) is 17.5. The first kappa shape index (κ1) is 10.4. The molecule has 0 aliphatic rings. The van der Waals surface area contributed by atoms with E-state index in [-0.39, 0.29) is 12.3 Å². The monoisotopic (exact) mass is 164 g/mol. The lowest BCUT2D eigenvalue weighted by Gasteiger charge is -2.21. The molecule has 0 fully saturated rings. The molecule has 0 aliphatic heterocycles. The van der Waals surface area contributed by atoms with E-state index in [4.69, 9.17) is 10.2 Å². The summed E-state index contributed by atoms with van der Waals surface area (Å²) < 4.78 is 12.0. The second-order valence-corrected chi connectivity index (χ2v) is 3.07. The highest BCUT2D eigenvalue weighted by molar-refractivity contribution is 5.77. The normalized spacial score (nSPS) is 16.5. The van der Waals surface area contributed by atoms with Gasteiger partial charge in [0.1, 0.15) is 6.67 Å². The Morgan fingerprint density at radius 2 is 2.09 bits per heavy atom. The molecule has 0 spiro atoms. The van der Waals surface area contributed by atoms with Crippen LogP contribution in [-0.4, -0.2) is 28.5 Å². The SMILES string of the molecule is CC(C)CC(O)(CF)C(=O)O. The fourth-order valence-corrected chi connectivity index (χ4v) is 0.874. The van der Waals surface area contributed by atoms with Crippen LogP contribution in [0.3, 0.4) is 0 Å². The molecule has 0 aromatic rings. The average molecular weight is 164 g/mol. The molecular formula is C7H13FO3. The molecule has 0 aromatic carbocycles. The van der Waals surface area contributed by atoms with Crippen LogP contribution in [0.4, 0.5) is 4.39 Å². The van der Waals surface area contributed by atoms with Crippen LogP contribution in [0.15, 0.2) is 0 Å². The second kappa shape index (κ2) is 3.67. The van der Waals surface area contributed by atoms with E-state index >= 15 is 0 Å². The van der Waals surface area contributed by atoms with Crippen molar-refractivity contribution in [3.8, 4) is 0 Å². The number of alkyl halides is 1. The summed E-state index contributed by atoms with van der Waals surface area (Å²) in [6, 6.07) is 0. The number of hydrogen-bond acceptors (Lipinski definition) is 2. The molecule has 0 saturated heterocycles. The van der Waals surface area contributed by atoms with Crippen molar-refractivity contribution in [2.45, 2.75) is 25.9 Å². The zero-order valence-electron chi connectivity index (χ0n) is 6.67. The highest BCUT2D eigenvalue weighted by Crippen LogP contribution is 2.17. The Morgan fingerprint density at radius 1 is 1.64 bits per heavy atom. The summed E-state index contributed by atoms with van der Waals surface area (Å²) >= 11 is 0. The van der Waals surface area contributed by atoms with Crippen molar-refractivity contribution in [2.75, 3.05) is 6.67 Å². The number of aliphatic hydroxyl groups is 1. The number of carboxylic acid groups (broad SMARTS) is 1. The fraction of sp³-hybridized carbons (Fsp3) is 0.857. The topological polar surface area (TPSA) is 57.5 Å². The summed E-state index contributed by atoms with van der Waals surface area (Å²) in [4.78, 5) is 10.3. The lowest BCUT2D eigenvalue weighted by molar-refractivity contribution is -0.162. The second-order valence-electron chi connectivity index (χ2n) is 3.07. The average Bonchev–Trinajstić information content (AvgIpc) is 1.86. The van der Waals surface area contributed by atoms with Gasteiger partial charge in [0.2, 0.25) is 0 Å². The van der Waals surface area contributed by atoms with Gasteiger partial charge in [-0.1, -0.05) is 13.8 Å². The summed E-state index contributed by atoms with van der Waals surface area (Å²) in [5.41, 5.74) is -2.19. The van der Waals surface area contributed by atoms with Gasteiger partial charge in [0, 0.05) is 0 Å². The quantitative estimate of drug-likeness (QED) is 0.646. The fourth-order valence-electron chi connectivity index (χ4n) is 0.874. The van der Waals surface area contributed by atoms with Crippen LogP contribution < -0.4 is 0 Å². The standard InChI is InChI=1S/C7H13FO3/c1-5(2)3-7(11,4-8)6(9)10/h5,11H,3-4H2,1-2H3,(H,9,10). The van der Waals surface area contributed by atoms with Crippen molar-refractivity contribution in [2.24, 2.45) is 5.92 Å². The van der Waals surface area contributed by atoms with Crippen molar-refractivity contribution < 1.29 is 19.4 Å². The minimum atomic E-state index is -2.19. The lowest BCUT2D eigenvalue weighted by Crippen LogP contribution is -2.42. The number of carbonyl (C=O) groups is 1. The number of aliphatic carboxylic acids is 1. The third-order valence-corrected chi connectivity index (χ3v) is 1.37. The van der Waals surface area contributed by atoms with Crippen molar-refractivity contribution >= 4 is 5.97 Å². The van der Waals surface area contributed by atoms with Crippen molar-refractivity contribution in [3.05, 3.63) is 0 Å². The van der Waals surface area contributed by atoms with E-state index in [1.165, 1.54) is 0 Å². The third-order valence-electron chi connectivity index (χ3n) is 1.37. The number of halogens is 1. The van der Waals surface area contributed by atoms with E-state index in [0.717, 1.165) is 0 Å². The molecule has 0 saturated carbocycles. The van der Waals surface area contributed by atoms with E-state index < -0.39 is 18.2 Å². The van der Waals surface area contributed by atoms with E-state index in [9.17, 15) is 9.18 Å². The van der Waals surface area contributed by atoms with Gasteiger partial charge < -0.3 is 10.2 Å². The summed E-state index contributed by atoms with van der Waals surface area (Å²) in [5.74, 6) is -1.53. The molecule has 0 aromatic heterocycles. The van der Waals surface area contributed by atoms with Gasteiger partial charge in [0.05, 0.1) is 0 Å². The Labute approximate surface area is 64.8 Å². The van der Waals surface area contributed by atoms with Crippen molar-refractivity contribution in [1.29, 1.82) is 0 Å². The van der Waals surface area contributed by atoms with Crippen LogP contribution in [0.5, 0.6) is 0 Å². The number of rotatable bonds is 4. The van der Waals surface area contributed by atoms with Gasteiger partial charge in [-0.05, 0) is 12.3 Å². The highest BCUT2D eigenvalue weighted by Gasteiger charge is 2.36. The molecule has 0 aliphatic carbocycles. The molecule has 1 atom stereocenters. The Balaban J connectivity index is 4.22. The van der Waals surface area contributed by atoms with Gasteiger partial charge in [-0.15, -0.1) is 0 Å². The molecule has 2 N–H and O–H groups in total. The van der Waals surface area contributed by atoms with E-state index in [1.807, 2.05) is 0 Å². The summed E-state index contributed by atoms with van der Waals surface area (Å²) in [6.07, 6.45) is -0.0567. The molecule has 3 nitrogen and oxygen atoms in total. The first-order valence-electron chi connectivity index (χ1n) is 3.44. The molecular weight excluding hydrogens is 151 g/mol. The van der Waals surface area contributed by atoms with Crippen LogP contribution in [-0.2, 0) is 4.79 Å². The minimum absolute atomic E-state index is 0.0353. The maximum atomic E-state index is 12.0. The van der Waals surface area contributed by atoms with Crippen LogP contribution in [0.25, 0.3) is 0 Å². The predicted molar refractivity (Wildman–Crippen MR) is 38.0 cm³/mol. The first-order chi connectivity index (χ1) is 4.92. The highest BCUT2D eigenvalue weighted by atomic mass is 19.1. The number of carboxylic acids is 1. The minimum Gasteiger partial charge on any atom is -0.479 e. The van der Waals surface area contributed by atoms with Crippen molar-refractivity contribution in [3.63, 3.8) is 0 Å². The Hall–Kier alpha value is -0.640. The van der Waals surface area contributed by atoms with Crippen LogP contribution in [0, 0.1) is 5.92 Å². The molecule has 4 heteroatoms. The van der Waals surface area contributed by atoms with Gasteiger partial charge in [-0.3, -0.25) is 0 Å². The van der Waals surface area contributed by atoms with Gasteiger partial charge in [-0.25, -0.2) is 9.18 Å². The van der Waals surface area contributed by atoms with Crippen molar-refractivity contribution in [1.82, 2.24) is 0 Å². The van der Waals surface area contributed by atoms with Gasteiger partial charge >= 0.3 is 5.97 Å². The zero-order valence-corrected chi connectivity index (χ0v) is 6.67. The predicted octanol–water partition coefficient (Wildman–Crippen LogP) is 0.818. The molecule has 0 heterocycles. The lowest BCUT2D eigenvalue weighted by atomic mass is 9.94. The van der Waals surface area contributed by atoms with Gasteiger partial charge in [-0.2, -0.15) is 0 Å². The molecule has 11 heavy (non-hydrogen) atoms. The molecule has 1 unspecified atom stereocenters. The van der Waals surface area contributed by atoms with Gasteiger partial charge in [0.25, 0.3) is 0 Å². The molecule has 0 radical (unpaired) electrons. The largest absolute Gasteiger partial charge is 0.479 e. The third kappa shape index (κ3) is 2.84. The Bertz CT molecular complexity index is 147.